The Labute approximate surface area is 131 Å². The molecule has 0 bridgehead atoms. The summed E-state index contributed by atoms with van der Waals surface area (Å²) in [6.07, 6.45) is 3.99. The lowest BCUT2D eigenvalue weighted by molar-refractivity contribution is -0.121. The summed E-state index contributed by atoms with van der Waals surface area (Å²) < 4.78 is 29.5. The fourth-order valence-electron chi connectivity index (χ4n) is 2.70. The SMILES string of the molecule is Cc1cc(CS(=O)(=O)[C@@H](C)C(=O)NC2CCC(C)CC2)no1. The van der Waals surface area contributed by atoms with Crippen LogP contribution < -0.4 is 5.32 Å². The van der Waals surface area contributed by atoms with E-state index in [2.05, 4.69) is 17.4 Å². The van der Waals surface area contributed by atoms with Gasteiger partial charge in [0.15, 0.2) is 9.84 Å². The van der Waals surface area contributed by atoms with Gasteiger partial charge in [-0.15, -0.1) is 0 Å². The van der Waals surface area contributed by atoms with Crippen LogP contribution in [0.3, 0.4) is 0 Å². The number of nitrogens with one attached hydrogen (secondary N) is 1. The van der Waals surface area contributed by atoms with E-state index in [4.69, 9.17) is 4.52 Å². The van der Waals surface area contributed by atoms with E-state index in [-0.39, 0.29) is 11.8 Å². The first-order valence-corrected chi connectivity index (χ1v) is 9.43. The van der Waals surface area contributed by atoms with Gasteiger partial charge in [0.05, 0.1) is 11.4 Å². The molecule has 0 saturated heterocycles. The van der Waals surface area contributed by atoms with Crippen molar-refractivity contribution in [1.82, 2.24) is 10.5 Å². The summed E-state index contributed by atoms with van der Waals surface area (Å²) in [5.41, 5.74) is 0.337. The van der Waals surface area contributed by atoms with Crippen molar-refractivity contribution < 1.29 is 17.7 Å². The number of carbonyl (C=O) groups excluding carboxylic acids is 1. The van der Waals surface area contributed by atoms with Gasteiger partial charge in [-0.05, 0) is 45.4 Å². The first-order valence-electron chi connectivity index (χ1n) is 7.72. The molecule has 22 heavy (non-hydrogen) atoms. The number of aryl methyl sites for hydroxylation is 1. The molecule has 1 heterocycles. The normalized spacial score (nSPS) is 24.0. The number of sulfone groups is 1. The van der Waals surface area contributed by atoms with Crippen molar-refractivity contribution in [1.29, 1.82) is 0 Å². The molecule has 1 atom stereocenters. The molecule has 0 unspecified atom stereocenters. The summed E-state index contributed by atoms with van der Waals surface area (Å²) in [4.78, 5) is 12.2. The van der Waals surface area contributed by atoms with Gasteiger partial charge in [0.1, 0.15) is 11.0 Å². The molecule has 6 nitrogen and oxygen atoms in total. The maximum atomic E-state index is 12.3. The summed E-state index contributed by atoms with van der Waals surface area (Å²) >= 11 is 0. The van der Waals surface area contributed by atoms with E-state index in [1.165, 1.54) is 6.92 Å². The lowest BCUT2D eigenvalue weighted by Crippen LogP contribution is -2.44. The van der Waals surface area contributed by atoms with Crippen molar-refractivity contribution in [2.45, 2.75) is 63.5 Å². The average molecular weight is 328 g/mol. The minimum Gasteiger partial charge on any atom is -0.361 e. The molecule has 1 aromatic rings. The van der Waals surface area contributed by atoms with E-state index in [0.717, 1.165) is 25.7 Å². The molecule has 2 rings (SSSR count). The van der Waals surface area contributed by atoms with Crippen molar-refractivity contribution in [3.8, 4) is 0 Å². The monoisotopic (exact) mass is 328 g/mol. The third-order valence-corrected chi connectivity index (χ3v) is 6.29. The molecule has 1 saturated carbocycles. The number of hydrogen-bond acceptors (Lipinski definition) is 5. The summed E-state index contributed by atoms with van der Waals surface area (Å²) in [6, 6.07) is 1.67. The highest BCUT2D eigenvalue weighted by molar-refractivity contribution is 7.92. The fraction of sp³-hybridized carbons (Fsp3) is 0.733. The van der Waals surface area contributed by atoms with Gasteiger partial charge in [-0.3, -0.25) is 4.79 Å². The van der Waals surface area contributed by atoms with Crippen LogP contribution in [0, 0.1) is 12.8 Å². The van der Waals surface area contributed by atoms with Gasteiger partial charge in [0.2, 0.25) is 5.91 Å². The van der Waals surface area contributed by atoms with Crippen molar-refractivity contribution >= 4 is 15.7 Å². The van der Waals surface area contributed by atoms with E-state index in [1.807, 2.05) is 0 Å². The van der Waals surface area contributed by atoms with Crippen molar-refractivity contribution in [3.63, 3.8) is 0 Å². The highest BCUT2D eigenvalue weighted by Crippen LogP contribution is 2.23. The predicted molar refractivity (Wildman–Crippen MR) is 82.9 cm³/mol. The summed E-state index contributed by atoms with van der Waals surface area (Å²) in [6.45, 7) is 5.33. The molecule has 7 heteroatoms. The van der Waals surface area contributed by atoms with E-state index >= 15 is 0 Å². The van der Waals surface area contributed by atoms with Crippen molar-refractivity contribution in [3.05, 3.63) is 17.5 Å². The Balaban J connectivity index is 1.94. The van der Waals surface area contributed by atoms with E-state index in [0.29, 0.717) is 17.4 Å². The average Bonchev–Trinajstić information content (AvgIpc) is 2.85. The fourth-order valence-corrected chi connectivity index (χ4v) is 3.90. The standard InChI is InChI=1S/C15H24N2O4S/c1-10-4-6-13(7-5-10)16-15(18)12(3)22(19,20)9-14-8-11(2)21-17-14/h8,10,12-13H,4-7,9H2,1-3H3,(H,16,18)/t10?,12-,13?/m0/s1. The van der Waals surface area contributed by atoms with E-state index in [1.54, 1.807) is 13.0 Å². The molecular formula is C15H24N2O4S. The second kappa shape index (κ2) is 6.81. The first-order chi connectivity index (χ1) is 10.3. The molecule has 1 aromatic heterocycles. The van der Waals surface area contributed by atoms with Gasteiger partial charge >= 0.3 is 0 Å². The Kier molecular flexibility index (Phi) is 5.26. The molecule has 0 spiro atoms. The van der Waals surface area contributed by atoms with Crippen LogP contribution in [0.1, 0.15) is 51.0 Å². The quantitative estimate of drug-likeness (QED) is 0.892. The van der Waals surface area contributed by atoms with Gasteiger partial charge in [0, 0.05) is 12.1 Å². The second-order valence-electron chi connectivity index (χ2n) is 6.34. The second-order valence-corrected chi connectivity index (χ2v) is 8.67. The van der Waals surface area contributed by atoms with Gasteiger partial charge in [-0.2, -0.15) is 0 Å². The zero-order valence-corrected chi connectivity index (χ0v) is 14.1. The molecule has 1 fully saturated rings. The third-order valence-electron chi connectivity index (χ3n) is 4.30. The number of hydrogen-bond donors (Lipinski definition) is 1. The Morgan fingerprint density at radius 1 is 1.41 bits per heavy atom. The van der Waals surface area contributed by atoms with Crippen LogP contribution in [0.25, 0.3) is 0 Å². The maximum absolute atomic E-state index is 12.3. The van der Waals surface area contributed by atoms with Crippen LogP contribution in [0.2, 0.25) is 0 Å². The summed E-state index contributed by atoms with van der Waals surface area (Å²) in [7, 11) is -3.60. The Morgan fingerprint density at radius 3 is 2.59 bits per heavy atom. The Morgan fingerprint density at radius 2 is 2.05 bits per heavy atom. The highest BCUT2D eigenvalue weighted by Gasteiger charge is 2.31. The molecule has 1 aliphatic carbocycles. The molecule has 1 aliphatic rings. The van der Waals surface area contributed by atoms with E-state index < -0.39 is 21.0 Å². The lowest BCUT2D eigenvalue weighted by Gasteiger charge is -2.27. The first kappa shape index (κ1) is 17.0. The van der Waals surface area contributed by atoms with E-state index in [9.17, 15) is 13.2 Å². The van der Waals surface area contributed by atoms with Crippen molar-refractivity contribution in [2.24, 2.45) is 5.92 Å². The number of nitrogens with zero attached hydrogens (tertiary/aromatic N) is 1. The van der Waals surface area contributed by atoms with Crippen LogP contribution in [0.15, 0.2) is 10.6 Å². The van der Waals surface area contributed by atoms with Gasteiger partial charge in [-0.25, -0.2) is 8.42 Å². The third kappa shape index (κ3) is 4.32. The van der Waals surface area contributed by atoms with Crippen molar-refractivity contribution in [2.75, 3.05) is 0 Å². The van der Waals surface area contributed by atoms with Gasteiger partial charge in [-0.1, -0.05) is 12.1 Å². The molecule has 0 radical (unpaired) electrons. The summed E-state index contributed by atoms with van der Waals surface area (Å²) in [5.74, 6) is 0.545. The topological polar surface area (TPSA) is 89.3 Å². The predicted octanol–water partition coefficient (Wildman–Crippen LogP) is 1.98. The molecular weight excluding hydrogens is 304 g/mol. The maximum Gasteiger partial charge on any atom is 0.238 e. The smallest absolute Gasteiger partial charge is 0.238 e. The Bertz CT molecular complexity index is 615. The number of aromatic nitrogens is 1. The van der Waals surface area contributed by atoms with Crippen LogP contribution in [-0.4, -0.2) is 30.8 Å². The van der Waals surface area contributed by atoms with Crippen LogP contribution in [-0.2, 0) is 20.4 Å². The Hall–Kier alpha value is -1.37. The van der Waals surface area contributed by atoms with Gasteiger partial charge in [0.25, 0.3) is 0 Å². The van der Waals surface area contributed by atoms with Gasteiger partial charge < -0.3 is 9.84 Å². The number of rotatable bonds is 5. The number of carbonyl (C=O) groups is 1. The lowest BCUT2D eigenvalue weighted by atomic mass is 9.87. The minimum atomic E-state index is -3.60. The molecule has 0 aromatic carbocycles. The molecule has 0 aliphatic heterocycles. The van der Waals surface area contributed by atoms with Crippen LogP contribution in [0.5, 0.6) is 0 Å². The zero-order valence-electron chi connectivity index (χ0n) is 13.3. The molecule has 1 N–H and O–H groups in total. The largest absolute Gasteiger partial charge is 0.361 e. The summed E-state index contributed by atoms with van der Waals surface area (Å²) in [5, 5.41) is 5.48. The molecule has 124 valence electrons. The van der Waals surface area contributed by atoms with Crippen LogP contribution in [0.4, 0.5) is 0 Å². The highest BCUT2D eigenvalue weighted by atomic mass is 32.2. The molecule has 1 amide bonds. The minimum absolute atomic E-state index is 0.0932. The zero-order chi connectivity index (χ0) is 16.3. The van der Waals surface area contributed by atoms with Crippen LogP contribution >= 0.6 is 0 Å². The number of amides is 1.